The first kappa shape index (κ1) is 16.6. The van der Waals surface area contributed by atoms with E-state index in [1.165, 1.54) is 0 Å². The molecule has 2 heterocycles. The van der Waals surface area contributed by atoms with Crippen LogP contribution in [0.15, 0.2) is 48.5 Å². The summed E-state index contributed by atoms with van der Waals surface area (Å²) >= 11 is 0. The van der Waals surface area contributed by atoms with Crippen LogP contribution >= 0.6 is 0 Å². The largest absolute Gasteiger partial charge is 0.336 e. The molecule has 1 fully saturated rings. The number of hydrogen-bond donors (Lipinski definition) is 2. The van der Waals surface area contributed by atoms with Crippen LogP contribution in [-0.4, -0.2) is 36.0 Å². The Hall–Kier alpha value is -2.82. The second-order valence-electron chi connectivity index (χ2n) is 7.40. The van der Waals surface area contributed by atoms with Gasteiger partial charge >= 0.3 is 6.03 Å². The zero-order valence-corrected chi connectivity index (χ0v) is 15.0. The molecule has 2 aliphatic heterocycles. The van der Waals surface area contributed by atoms with E-state index < -0.39 is 0 Å². The first-order valence-corrected chi connectivity index (χ1v) is 9.08. The Morgan fingerprint density at radius 3 is 2.54 bits per heavy atom. The quantitative estimate of drug-likeness (QED) is 0.892. The van der Waals surface area contributed by atoms with Gasteiger partial charge in [-0.05, 0) is 42.7 Å². The van der Waals surface area contributed by atoms with E-state index in [1.54, 1.807) is 4.90 Å². The molecule has 0 radical (unpaired) electrons. The SMILES string of the molecule is CC(C)NC(=O)N1CC(C2C(=O)Nc3ccc(-c4ccccc4)cc32)C1. The number of nitrogens with zero attached hydrogens (tertiary/aromatic N) is 1. The van der Waals surface area contributed by atoms with E-state index >= 15 is 0 Å². The van der Waals surface area contributed by atoms with E-state index in [2.05, 4.69) is 28.8 Å². The number of urea groups is 1. The highest BCUT2D eigenvalue weighted by atomic mass is 16.2. The maximum absolute atomic E-state index is 12.5. The van der Waals surface area contributed by atoms with Crippen LogP contribution in [0.1, 0.15) is 25.3 Å². The number of rotatable bonds is 3. The van der Waals surface area contributed by atoms with Crippen LogP contribution < -0.4 is 10.6 Å². The maximum Gasteiger partial charge on any atom is 0.317 e. The fraction of sp³-hybridized carbons (Fsp3) is 0.333. The van der Waals surface area contributed by atoms with Crippen molar-refractivity contribution < 1.29 is 9.59 Å². The van der Waals surface area contributed by atoms with Gasteiger partial charge in [0.25, 0.3) is 0 Å². The molecule has 1 atom stereocenters. The third kappa shape index (κ3) is 2.94. The second kappa shape index (κ2) is 6.48. The van der Waals surface area contributed by atoms with Crippen LogP contribution in [0.3, 0.4) is 0 Å². The lowest BCUT2D eigenvalue weighted by Crippen LogP contribution is -2.57. The molecule has 26 heavy (non-hydrogen) atoms. The predicted molar refractivity (Wildman–Crippen MR) is 102 cm³/mol. The molecule has 2 aliphatic rings. The van der Waals surface area contributed by atoms with Gasteiger partial charge in [-0.25, -0.2) is 4.79 Å². The van der Waals surface area contributed by atoms with E-state index in [1.807, 2.05) is 44.2 Å². The Labute approximate surface area is 153 Å². The molecule has 2 aromatic rings. The minimum atomic E-state index is -0.184. The summed E-state index contributed by atoms with van der Waals surface area (Å²) in [4.78, 5) is 26.4. The number of carbonyl (C=O) groups excluding carboxylic acids is 2. The van der Waals surface area contributed by atoms with Crippen molar-refractivity contribution in [1.29, 1.82) is 0 Å². The van der Waals surface area contributed by atoms with Crippen LogP contribution in [0.4, 0.5) is 10.5 Å². The van der Waals surface area contributed by atoms with Gasteiger partial charge < -0.3 is 15.5 Å². The number of benzene rings is 2. The van der Waals surface area contributed by atoms with E-state index in [4.69, 9.17) is 0 Å². The van der Waals surface area contributed by atoms with E-state index in [9.17, 15) is 9.59 Å². The summed E-state index contributed by atoms with van der Waals surface area (Å²) in [6.07, 6.45) is 0. The van der Waals surface area contributed by atoms with Gasteiger partial charge in [0.1, 0.15) is 0 Å². The van der Waals surface area contributed by atoms with Crippen LogP contribution in [0.5, 0.6) is 0 Å². The van der Waals surface area contributed by atoms with Gasteiger partial charge in [0.2, 0.25) is 5.91 Å². The van der Waals surface area contributed by atoms with Crippen LogP contribution in [0, 0.1) is 5.92 Å². The number of nitrogens with one attached hydrogen (secondary N) is 2. The lowest BCUT2D eigenvalue weighted by molar-refractivity contribution is -0.119. The molecule has 3 amide bonds. The Kier molecular flexibility index (Phi) is 4.15. The van der Waals surface area contributed by atoms with Crippen LogP contribution in [0.25, 0.3) is 11.1 Å². The molecule has 0 aliphatic carbocycles. The highest BCUT2D eigenvalue weighted by molar-refractivity contribution is 6.04. The van der Waals surface area contributed by atoms with Crippen LogP contribution in [-0.2, 0) is 4.79 Å². The van der Waals surface area contributed by atoms with Crippen molar-refractivity contribution in [1.82, 2.24) is 10.2 Å². The molecule has 2 N–H and O–H groups in total. The predicted octanol–water partition coefficient (Wildman–Crippen LogP) is 3.44. The number of likely N-dealkylation sites (tertiary alicyclic amines) is 1. The van der Waals surface area contributed by atoms with Gasteiger partial charge in [-0.15, -0.1) is 0 Å². The van der Waals surface area contributed by atoms with Crippen molar-refractivity contribution in [2.45, 2.75) is 25.8 Å². The van der Waals surface area contributed by atoms with Gasteiger partial charge in [0, 0.05) is 30.7 Å². The highest BCUT2D eigenvalue weighted by Gasteiger charge is 2.44. The standard InChI is InChI=1S/C21H23N3O2/c1-13(2)22-21(26)24-11-16(12-24)19-17-10-15(14-6-4-3-5-7-14)8-9-18(17)23-20(19)25/h3-10,13,16,19H,11-12H2,1-2H3,(H,22,26)(H,23,25). The Morgan fingerprint density at radius 1 is 1.12 bits per heavy atom. The molecule has 4 rings (SSSR count). The van der Waals surface area contributed by atoms with Gasteiger partial charge in [-0.1, -0.05) is 36.4 Å². The van der Waals surface area contributed by atoms with Crippen molar-refractivity contribution in [3.63, 3.8) is 0 Å². The summed E-state index contributed by atoms with van der Waals surface area (Å²) < 4.78 is 0. The average molecular weight is 349 g/mol. The van der Waals surface area contributed by atoms with E-state index in [0.717, 1.165) is 22.4 Å². The van der Waals surface area contributed by atoms with E-state index in [0.29, 0.717) is 13.1 Å². The molecule has 2 aromatic carbocycles. The Morgan fingerprint density at radius 2 is 1.85 bits per heavy atom. The lowest BCUT2D eigenvalue weighted by atomic mass is 9.81. The minimum Gasteiger partial charge on any atom is -0.336 e. The second-order valence-corrected chi connectivity index (χ2v) is 7.40. The fourth-order valence-corrected chi connectivity index (χ4v) is 3.79. The zero-order valence-electron chi connectivity index (χ0n) is 15.0. The molecule has 1 saturated heterocycles. The molecule has 134 valence electrons. The molecular formula is C21H23N3O2. The molecule has 0 saturated carbocycles. The van der Waals surface area contributed by atoms with Crippen LogP contribution in [0.2, 0.25) is 0 Å². The summed E-state index contributed by atoms with van der Waals surface area (Å²) in [6.45, 7) is 5.12. The smallest absolute Gasteiger partial charge is 0.317 e. The molecule has 0 spiro atoms. The molecule has 0 bridgehead atoms. The number of anilines is 1. The molecule has 1 unspecified atom stereocenters. The first-order valence-electron chi connectivity index (χ1n) is 9.08. The van der Waals surface area contributed by atoms with Gasteiger partial charge in [0.05, 0.1) is 5.92 Å². The summed E-state index contributed by atoms with van der Waals surface area (Å²) in [7, 11) is 0. The number of hydrogen-bond acceptors (Lipinski definition) is 2. The number of fused-ring (bicyclic) bond motifs is 1. The molecule has 5 heteroatoms. The van der Waals surface area contributed by atoms with E-state index in [-0.39, 0.29) is 29.8 Å². The third-order valence-corrected chi connectivity index (χ3v) is 5.11. The van der Waals surface area contributed by atoms with Crippen molar-refractivity contribution in [3.8, 4) is 11.1 Å². The lowest BCUT2D eigenvalue weighted by Gasteiger charge is -2.42. The van der Waals surface area contributed by atoms with Gasteiger partial charge in [-0.3, -0.25) is 4.79 Å². The minimum absolute atomic E-state index is 0.0409. The van der Waals surface area contributed by atoms with Gasteiger partial charge in [-0.2, -0.15) is 0 Å². The maximum atomic E-state index is 12.5. The number of amides is 3. The van der Waals surface area contributed by atoms with Crippen molar-refractivity contribution in [2.75, 3.05) is 18.4 Å². The third-order valence-electron chi connectivity index (χ3n) is 5.11. The Bertz CT molecular complexity index is 842. The topological polar surface area (TPSA) is 61.4 Å². The summed E-state index contributed by atoms with van der Waals surface area (Å²) in [5, 5.41) is 5.90. The normalized spacial score (nSPS) is 19.1. The molecular weight excluding hydrogens is 326 g/mol. The number of carbonyl (C=O) groups is 2. The monoisotopic (exact) mass is 349 g/mol. The Balaban J connectivity index is 1.54. The average Bonchev–Trinajstić information content (AvgIpc) is 2.89. The fourth-order valence-electron chi connectivity index (χ4n) is 3.79. The molecule has 0 aromatic heterocycles. The summed E-state index contributed by atoms with van der Waals surface area (Å²) in [5.74, 6) is 0.0241. The zero-order chi connectivity index (χ0) is 18.3. The van der Waals surface area contributed by atoms with Gasteiger partial charge in [0.15, 0.2) is 0 Å². The summed E-state index contributed by atoms with van der Waals surface area (Å²) in [5.41, 5.74) is 4.19. The van der Waals surface area contributed by atoms with Crippen molar-refractivity contribution >= 4 is 17.6 Å². The highest BCUT2D eigenvalue weighted by Crippen LogP contribution is 2.42. The molecule has 5 nitrogen and oxygen atoms in total. The summed E-state index contributed by atoms with van der Waals surface area (Å²) in [6, 6.07) is 16.4. The first-order chi connectivity index (χ1) is 12.5. The van der Waals surface area contributed by atoms with Crippen molar-refractivity contribution in [3.05, 3.63) is 54.1 Å². The van der Waals surface area contributed by atoms with Crippen molar-refractivity contribution in [2.24, 2.45) is 5.92 Å².